The second-order valence-electron chi connectivity index (χ2n) is 4.36. The average Bonchev–Trinajstić information content (AvgIpc) is 2.81. The summed E-state index contributed by atoms with van der Waals surface area (Å²) in [6.07, 6.45) is 2.02. The van der Waals surface area contributed by atoms with Crippen LogP contribution < -0.4 is 0 Å². The lowest BCUT2D eigenvalue weighted by Crippen LogP contribution is -2.08. The highest BCUT2D eigenvalue weighted by Crippen LogP contribution is 2.34. The minimum atomic E-state index is -1.03. The molecule has 1 aliphatic carbocycles. The fraction of sp³-hybridized carbons (Fsp3) is 0.231. The van der Waals surface area contributed by atoms with Crippen molar-refractivity contribution < 1.29 is 18.7 Å². The molecule has 6 heteroatoms. The van der Waals surface area contributed by atoms with Gasteiger partial charge in [-0.2, -0.15) is 0 Å². The lowest BCUT2D eigenvalue weighted by atomic mass is 10.0. The highest BCUT2D eigenvalue weighted by Gasteiger charge is 2.23. The normalized spacial score (nSPS) is 14.5. The number of ketones is 1. The SMILES string of the molecule is O=C1CCCc2sc(-c3cc(F)c(O)c(F)c3)nc21. The maximum Gasteiger partial charge on any atom is 0.187 e. The van der Waals surface area contributed by atoms with E-state index in [0.29, 0.717) is 17.1 Å². The molecule has 0 atom stereocenters. The monoisotopic (exact) mass is 281 g/mol. The van der Waals surface area contributed by atoms with Crippen molar-refractivity contribution in [3.05, 3.63) is 34.3 Å². The van der Waals surface area contributed by atoms with Gasteiger partial charge in [-0.15, -0.1) is 11.3 Å². The molecule has 98 valence electrons. The molecule has 2 aromatic rings. The molecule has 1 N–H and O–H groups in total. The van der Waals surface area contributed by atoms with Gasteiger partial charge in [0.05, 0.1) is 0 Å². The second-order valence-corrected chi connectivity index (χ2v) is 5.44. The van der Waals surface area contributed by atoms with Crippen molar-refractivity contribution in [2.75, 3.05) is 0 Å². The minimum absolute atomic E-state index is 0.0246. The van der Waals surface area contributed by atoms with E-state index in [2.05, 4.69) is 4.98 Å². The topological polar surface area (TPSA) is 50.2 Å². The third-order valence-electron chi connectivity index (χ3n) is 3.03. The van der Waals surface area contributed by atoms with Gasteiger partial charge in [0.2, 0.25) is 0 Å². The molecule has 0 saturated heterocycles. The van der Waals surface area contributed by atoms with Gasteiger partial charge in [0.1, 0.15) is 10.7 Å². The highest BCUT2D eigenvalue weighted by molar-refractivity contribution is 7.15. The predicted octanol–water partition coefficient (Wildman–Crippen LogP) is 3.31. The molecule has 1 aliphatic rings. The molecule has 0 fully saturated rings. The Hall–Kier alpha value is -1.82. The van der Waals surface area contributed by atoms with E-state index >= 15 is 0 Å². The van der Waals surface area contributed by atoms with Crippen molar-refractivity contribution >= 4 is 17.1 Å². The summed E-state index contributed by atoms with van der Waals surface area (Å²) in [5.41, 5.74) is 0.653. The third kappa shape index (κ3) is 2.02. The molecule has 0 radical (unpaired) electrons. The number of hydrogen-bond donors (Lipinski definition) is 1. The Bertz CT molecular complexity index is 658. The number of benzene rings is 1. The van der Waals surface area contributed by atoms with Crippen LogP contribution in [0.5, 0.6) is 5.75 Å². The zero-order valence-corrected chi connectivity index (χ0v) is 10.6. The van der Waals surface area contributed by atoms with Gasteiger partial charge in [-0.05, 0) is 25.0 Å². The molecule has 0 amide bonds. The summed E-state index contributed by atoms with van der Waals surface area (Å²) in [5.74, 6) is -3.09. The van der Waals surface area contributed by atoms with E-state index < -0.39 is 17.4 Å². The molecule has 1 aromatic heterocycles. The van der Waals surface area contributed by atoms with Crippen molar-refractivity contribution in [2.24, 2.45) is 0 Å². The Morgan fingerprint density at radius 3 is 2.53 bits per heavy atom. The number of carbonyl (C=O) groups is 1. The van der Waals surface area contributed by atoms with E-state index in [1.54, 1.807) is 0 Å². The van der Waals surface area contributed by atoms with Crippen LogP contribution in [0.15, 0.2) is 12.1 Å². The lowest BCUT2D eigenvalue weighted by molar-refractivity contribution is 0.0968. The number of aromatic nitrogens is 1. The summed E-state index contributed by atoms with van der Waals surface area (Å²) >= 11 is 1.27. The largest absolute Gasteiger partial charge is 0.503 e. The summed E-state index contributed by atoms with van der Waals surface area (Å²) in [4.78, 5) is 16.7. The number of phenols is 1. The lowest BCUT2D eigenvalue weighted by Gasteiger charge is -2.06. The molecule has 0 spiro atoms. The smallest absolute Gasteiger partial charge is 0.187 e. The van der Waals surface area contributed by atoms with Crippen LogP contribution in [-0.2, 0) is 6.42 Å². The zero-order valence-electron chi connectivity index (χ0n) is 9.74. The van der Waals surface area contributed by atoms with E-state index in [-0.39, 0.29) is 11.3 Å². The molecule has 0 saturated carbocycles. The number of carbonyl (C=O) groups excluding carboxylic acids is 1. The first kappa shape index (κ1) is 12.2. The van der Waals surface area contributed by atoms with Gasteiger partial charge in [0.15, 0.2) is 23.2 Å². The third-order valence-corrected chi connectivity index (χ3v) is 4.20. The number of fused-ring (bicyclic) bond motifs is 1. The van der Waals surface area contributed by atoms with Gasteiger partial charge in [0, 0.05) is 16.9 Å². The van der Waals surface area contributed by atoms with Crippen molar-refractivity contribution in [3.63, 3.8) is 0 Å². The number of phenolic OH excluding ortho intramolecular Hbond substituents is 1. The van der Waals surface area contributed by atoms with Crippen LogP contribution in [0.3, 0.4) is 0 Å². The van der Waals surface area contributed by atoms with E-state index in [9.17, 15) is 13.6 Å². The van der Waals surface area contributed by atoms with Crippen molar-refractivity contribution in [2.45, 2.75) is 19.3 Å². The highest BCUT2D eigenvalue weighted by atomic mass is 32.1. The fourth-order valence-corrected chi connectivity index (χ4v) is 3.19. The van der Waals surface area contributed by atoms with Gasteiger partial charge in [-0.1, -0.05) is 0 Å². The van der Waals surface area contributed by atoms with Crippen LogP contribution in [0.2, 0.25) is 0 Å². The summed E-state index contributed by atoms with van der Waals surface area (Å²) < 4.78 is 26.6. The maximum absolute atomic E-state index is 13.3. The van der Waals surface area contributed by atoms with Crippen molar-refractivity contribution in [3.8, 4) is 16.3 Å². The van der Waals surface area contributed by atoms with Crippen LogP contribution >= 0.6 is 11.3 Å². The number of Topliss-reactive ketones (excluding diaryl/α,β-unsaturated/α-hetero) is 1. The Morgan fingerprint density at radius 2 is 1.89 bits per heavy atom. The quantitative estimate of drug-likeness (QED) is 0.872. The fourth-order valence-electron chi connectivity index (χ4n) is 2.08. The van der Waals surface area contributed by atoms with Crippen LogP contribution in [0.4, 0.5) is 8.78 Å². The molecule has 19 heavy (non-hydrogen) atoms. The number of rotatable bonds is 1. The van der Waals surface area contributed by atoms with Crippen LogP contribution in [0.25, 0.3) is 10.6 Å². The number of thiazole rings is 1. The van der Waals surface area contributed by atoms with Crippen LogP contribution in [-0.4, -0.2) is 15.9 Å². The van der Waals surface area contributed by atoms with E-state index in [4.69, 9.17) is 5.11 Å². The van der Waals surface area contributed by atoms with Gasteiger partial charge in [-0.25, -0.2) is 13.8 Å². The Labute approximate surface area is 111 Å². The van der Waals surface area contributed by atoms with Crippen molar-refractivity contribution in [1.29, 1.82) is 0 Å². The van der Waals surface area contributed by atoms with Crippen molar-refractivity contribution in [1.82, 2.24) is 4.98 Å². The molecule has 1 aromatic carbocycles. The minimum Gasteiger partial charge on any atom is -0.503 e. The molecule has 0 unspecified atom stereocenters. The van der Waals surface area contributed by atoms with Gasteiger partial charge in [0.25, 0.3) is 0 Å². The van der Waals surface area contributed by atoms with E-state index in [1.165, 1.54) is 11.3 Å². The summed E-state index contributed by atoms with van der Waals surface area (Å²) in [6, 6.07) is 2.04. The molecule has 1 heterocycles. The molecule has 0 aliphatic heterocycles. The Balaban J connectivity index is 2.10. The second kappa shape index (κ2) is 4.38. The zero-order chi connectivity index (χ0) is 13.6. The number of hydrogen-bond acceptors (Lipinski definition) is 4. The van der Waals surface area contributed by atoms with Crippen LogP contribution in [0.1, 0.15) is 28.2 Å². The Morgan fingerprint density at radius 1 is 1.21 bits per heavy atom. The number of aromatic hydroxyl groups is 1. The molecule has 0 bridgehead atoms. The number of nitrogens with zero attached hydrogens (tertiary/aromatic N) is 1. The first-order valence-corrected chi connectivity index (χ1v) is 6.59. The van der Waals surface area contributed by atoms with Gasteiger partial charge in [-0.3, -0.25) is 4.79 Å². The average molecular weight is 281 g/mol. The summed E-state index contributed by atoms with van der Waals surface area (Å²) in [5, 5.41) is 9.46. The molecular formula is C13H9F2NO2S. The number of halogens is 2. The number of aryl methyl sites for hydroxylation is 1. The van der Waals surface area contributed by atoms with Gasteiger partial charge >= 0.3 is 0 Å². The van der Waals surface area contributed by atoms with E-state index in [0.717, 1.165) is 29.9 Å². The van der Waals surface area contributed by atoms with E-state index in [1.807, 2.05) is 0 Å². The predicted molar refractivity (Wildman–Crippen MR) is 66.4 cm³/mol. The summed E-state index contributed by atoms with van der Waals surface area (Å²) in [7, 11) is 0. The first-order valence-electron chi connectivity index (χ1n) is 5.77. The molecule has 3 rings (SSSR count). The van der Waals surface area contributed by atoms with Gasteiger partial charge < -0.3 is 5.11 Å². The Kier molecular flexibility index (Phi) is 2.82. The van der Waals surface area contributed by atoms with Crippen LogP contribution in [0, 0.1) is 11.6 Å². The summed E-state index contributed by atoms with van der Waals surface area (Å²) in [6.45, 7) is 0. The maximum atomic E-state index is 13.3. The molecule has 3 nitrogen and oxygen atoms in total. The standard InChI is InChI=1S/C13H9F2NO2S/c14-7-4-6(5-8(15)12(7)18)13-16-11-9(17)2-1-3-10(11)19-13/h4-5,18H,1-3H2. The first-order chi connectivity index (χ1) is 9.06. The molecular weight excluding hydrogens is 272 g/mol.